The van der Waals surface area contributed by atoms with Crippen LogP contribution in [-0.2, 0) is 21.1 Å². The number of ether oxygens (including phenoxy) is 1. The van der Waals surface area contributed by atoms with Crippen LogP contribution in [0.4, 0.5) is 0 Å². The van der Waals surface area contributed by atoms with Crippen LogP contribution in [0.25, 0.3) is 0 Å². The van der Waals surface area contributed by atoms with Gasteiger partial charge in [0.1, 0.15) is 0 Å². The molecule has 0 amide bonds. The van der Waals surface area contributed by atoms with Crippen LogP contribution in [0.3, 0.4) is 0 Å². The summed E-state index contributed by atoms with van der Waals surface area (Å²) >= 11 is 0. The maximum Gasteiger partial charge on any atom is 0.191 e. The Bertz CT molecular complexity index is 626. The minimum atomic E-state index is -3.20. The molecule has 2 heterocycles. The van der Waals surface area contributed by atoms with Gasteiger partial charge in [-0.15, -0.1) is 24.0 Å². The van der Waals surface area contributed by atoms with Crippen molar-refractivity contribution in [2.24, 2.45) is 4.99 Å². The van der Waals surface area contributed by atoms with E-state index < -0.39 is 14.6 Å². The van der Waals surface area contributed by atoms with Crippen molar-refractivity contribution in [2.45, 2.75) is 31.1 Å². The third kappa shape index (κ3) is 6.45. The quantitative estimate of drug-likeness (QED) is 0.346. The van der Waals surface area contributed by atoms with E-state index in [0.717, 1.165) is 19.6 Å². The molecule has 0 aromatic carbocycles. The van der Waals surface area contributed by atoms with E-state index in [1.165, 1.54) is 6.26 Å². The van der Waals surface area contributed by atoms with Gasteiger partial charge in [-0.2, -0.15) is 0 Å². The van der Waals surface area contributed by atoms with Crippen LogP contribution in [0.1, 0.15) is 19.8 Å². The molecule has 0 spiro atoms. The minimum Gasteiger partial charge on any atom is -0.381 e. The molecule has 1 fully saturated rings. The molecule has 0 saturated carbocycles. The first kappa shape index (κ1) is 22.2. The van der Waals surface area contributed by atoms with Gasteiger partial charge >= 0.3 is 0 Å². The van der Waals surface area contributed by atoms with Crippen molar-refractivity contribution < 1.29 is 13.2 Å². The summed E-state index contributed by atoms with van der Waals surface area (Å²) in [5.74, 6) is 0.652. The molecule has 1 aromatic heterocycles. The lowest BCUT2D eigenvalue weighted by atomic mass is 9.99. The molecule has 0 aliphatic carbocycles. The Morgan fingerprint density at radius 2 is 1.88 bits per heavy atom. The fraction of sp³-hybridized carbons (Fsp3) is 0.688. The number of nitrogens with zero attached hydrogens (tertiary/aromatic N) is 2. The normalized spacial score (nSPS) is 17.6. The summed E-state index contributed by atoms with van der Waals surface area (Å²) in [4.78, 5) is 4.55. The molecule has 0 radical (unpaired) electrons. The smallest absolute Gasteiger partial charge is 0.191 e. The van der Waals surface area contributed by atoms with Crippen LogP contribution in [0.15, 0.2) is 29.5 Å². The Balaban J connectivity index is 0.00000312. The predicted octanol–water partition coefficient (Wildman–Crippen LogP) is 1.25. The lowest BCUT2D eigenvalue weighted by molar-refractivity contribution is 0.0768. The summed E-state index contributed by atoms with van der Waals surface area (Å²) in [5, 5.41) is 6.43. The summed E-state index contributed by atoms with van der Waals surface area (Å²) in [5.41, 5.74) is 0. The Kier molecular flexibility index (Phi) is 9.22. The minimum absolute atomic E-state index is 0. The van der Waals surface area contributed by atoms with E-state index in [1.54, 1.807) is 0 Å². The number of nitrogens with one attached hydrogen (secondary N) is 2. The Labute approximate surface area is 167 Å². The van der Waals surface area contributed by atoms with Gasteiger partial charge in [0.15, 0.2) is 15.8 Å². The second kappa shape index (κ2) is 10.4. The molecule has 1 saturated heterocycles. The molecule has 25 heavy (non-hydrogen) atoms. The van der Waals surface area contributed by atoms with E-state index in [9.17, 15) is 8.42 Å². The summed E-state index contributed by atoms with van der Waals surface area (Å²) in [6.45, 7) is 5.46. The first-order valence-corrected chi connectivity index (χ1v) is 10.3. The van der Waals surface area contributed by atoms with Crippen molar-refractivity contribution in [1.29, 1.82) is 0 Å². The lowest BCUT2D eigenvalue weighted by Crippen LogP contribution is -2.47. The summed E-state index contributed by atoms with van der Waals surface area (Å²) in [6.07, 6.45) is 6.31. The van der Waals surface area contributed by atoms with Crippen molar-refractivity contribution >= 4 is 39.8 Å². The maximum atomic E-state index is 12.3. The highest BCUT2D eigenvalue weighted by Gasteiger charge is 2.42. The van der Waals surface area contributed by atoms with Gasteiger partial charge < -0.3 is 19.9 Å². The highest BCUT2D eigenvalue weighted by molar-refractivity contribution is 14.0. The zero-order valence-corrected chi connectivity index (χ0v) is 18.0. The molecule has 1 aliphatic rings. The number of guanidine groups is 1. The van der Waals surface area contributed by atoms with E-state index in [1.807, 2.05) is 31.5 Å². The number of aromatic nitrogens is 1. The SMILES string of the molecule is CCNC(=NCC1(S(C)(=O)=O)CCOCC1)NCCn1cccc1.I. The van der Waals surface area contributed by atoms with Crippen LogP contribution in [0, 0.1) is 0 Å². The van der Waals surface area contributed by atoms with Gasteiger partial charge in [-0.1, -0.05) is 0 Å². The summed E-state index contributed by atoms with van der Waals surface area (Å²) in [7, 11) is -3.20. The fourth-order valence-electron chi connectivity index (χ4n) is 2.78. The van der Waals surface area contributed by atoms with Crippen LogP contribution >= 0.6 is 24.0 Å². The molecule has 7 nitrogen and oxygen atoms in total. The molecule has 0 atom stereocenters. The first-order chi connectivity index (χ1) is 11.5. The average molecular weight is 484 g/mol. The number of rotatable bonds is 7. The molecule has 144 valence electrons. The Morgan fingerprint density at radius 1 is 1.24 bits per heavy atom. The molecule has 1 aliphatic heterocycles. The van der Waals surface area contributed by atoms with Gasteiger partial charge in [0.05, 0.1) is 11.3 Å². The third-order valence-corrected chi connectivity index (χ3v) is 6.50. The molecule has 2 N–H and O–H groups in total. The Hall–Kier alpha value is -0.810. The number of hydrogen-bond acceptors (Lipinski definition) is 4. The second-order valence-electron chi connectivity index (χ2n) is 6.11. The van der Waals surface area contributed by atoms with E-state index in [-0.39, 0.29) is 30.5 Å². The van der Waals surface area contributed by atoms with Gasteiger partial charge in [-0.05, 0) is 31.9 Å². The highest BCUT2D eigenvalue weighted by Crippen LogP contribution is 2.29. The summed E-state index contributed by atoms with van der Waals surface area (Å²) in [6, 6.07) is 3.97. The number of hydrogen-bond donors (Lipinski definition) is 2. The first-order valence-electron chi connectivity index (χ1n) is 8.37. The third-order valence-electron chi connectivity index (χ3n) is 4.39. The number of sulfone groups is 1. The van der Waals surface area contributed by atoms with Crippen LogP contribution in [0.5, 0.6) is 0 Å². The van der Waals surface area contributed by atoms with Gasteiger partial charge in [0.2, 0.25) is 0 Å². The molecule has 0 bridgehead atoms. The number of halogens is 1. The van der Waals surface area contributed by atoms with Crippen molar-refractivity contribution in [3.8, 4) is 0 Å². The van der Waals surface area contributed by atoms with Gasteiger partial charge in [0.25, 0.3) is 0 Å². The molecule has 9 heteroatoms. The highest BCUT2D eigenvalue weighted by atomic mass is 127. The molecule has 2 rings (SSSR count). The number of aliphatic imine (C=N–C) groups is 1. The van der Waals surface area contributed by atoms with Gasteiger partial charge in [0, 0.05) is 51.5 Å². The predicted molar refractivity (Wildman–Crippen MR) is 111 cm³/mol. The zero-order valence-electron chi connectivity index (χ0n) is 14.9. The average Bonchev–Trinajstić information content (AvgIpc) is 3.06. The topological polar surface area (TPSA) is 84.7 Å². The van der Waals surface area contributed by atoms with Gasteiger partial charge in [-0.25, -0.2) is 8.42 Å². The van der Waals surface area contributed by atoms with E-state index in [4.69, 9.17) is 4.74 Å². The van der Waals surface area contributed by atoms with Crippen LogP contribution in [-0.4, -0.2) is 62.8 Å². The van der Waals surface area contributed by atoms with Crippen molar-refractivity contribution in [3.05, 3.63) is 24.5 Å². The lowest BCUT2D eigenvalue weighted by Gasteiger charge is -2.34. The molecular weight excluding hydrogens is 455 g/mol. The monoisotopic (exact) mass is 484 g/mol. The molecule has 1 aromatic rings. The van der Waals surface area contributed by atoms with E-state index in [0.29, 0.717) is 32.0 Å². The second-order valence-corrected chi connectivity index (χ2v) is 8.52. The molecule has 0 unspecified atom stereocenters. The van der Waals surface area contributed by atoms with Crippen molar-refractivity contribution in [3.63, 3.8) is 0 Å². The fourth-order valence-corrected chi connectivity index (χ4v) is 3.98. The van der Waals surface area contributed by atoms with Crippen molar-refractivity contribution in [2.75, 3.05) is 39.1 Å². The van der Waals surface area contributed by atoms with Crippen LogP contribution in [0.2, 0.25) is 0 Å². The Morgan fingerprint density at radius 3 is 2.44 bits per heavy atom. The van der Waals surface area contributed by atoms with E-state index >= 15 is 0 Å². The van der Waals surface area contributed by atoms with Crippen LogP contribution < -0.4 is 10.6 Å². The largest absolute Gasteiger partial charge is 0.381 e. The standard InChI is InChI=1S/C16H28N4O3S.HI/c1-3-17-15(18-8-11-20-9-4-5-10-20)19-14-16(24(2,21)22)6-12-23-13-7-16;/h4-5,9-10H,3,6-8,11-14H2,1-2H3,(H2,17,18,19);1H. The maximum absolute atomic E-state index is 12.3. The van der Waals surface area contributed by atoms with Gasteiger partial charge in [-0.3, -0.25) is 4.99 Å². The van der Waals surface area contributed by atoms with Crippen molar-refractivity contribution in [1.82, 2.24) is 15.2 Å². The molecular formula is C16H29IN4O3S. The van der Waals surface area contributed by atoms with E-state index in [2.05, 4.69) is 20.2 Å². The summed E-state index contributed by atoms with van der Waals surface area (Å²) < 4.78 is 31.2. The zero-order chi connectivity index (χ0) is 17.5.